The molecule has 0 spiro atoms. The largest absolute Gasteiger partial charge is 0.378 e. The molecule has 1 fully saturated rings. The van der Waals surface area contributed by atoms with Gasteiger partial charge in [-0.15, -0.1) is 0 Å². The van der Waals surface area contributed by atoms with Crippen molar-refractivity contribution in [2.75, 3.05) is 6.61 Å². The van der Waals surface area contributed by atoms with Crippen molar-refractivity contribution in [2.24, 2.45) is 0 Å². The highest BCUT2D eigenvalue weighted by molar-refractivity contribution is 5.76. The molecule has 0 radical (unpaired) electrons. The fourth-order valence-electron chi connectivity index (χ4n) is 2.21. The monoisotopic (exact) mass is 248 g/mol. The summed E-state index contributed by atoms with van der Waals surface area (Å²) in [4.78, 5) is 15.8. The van der Waals surface area contributed by atoms with E-state index in [0.717, 1.165) is 31.4 Å². The summed E-state index contributed by atoms with van der Waals surface area (Å²) in [5, 5.41) is 3.00. The van der Waals surface area contributed by atoms with Gasteiger partial charge in [-0.05, 0) is 43.9 Å². The second kappa shape index (κ2) is 6.50. The molecule has 4 nitrogen and oxygen atoms in total. The Morgan fingerprint density at radius 3 is 3.00 bits per heavy atom. The molecule has 1 aliphatic rings. The number of amides is 1. The number of nitrogens with zero attached hydrogens (tertiary/aromatic N) is 1. The zero-order chi connectivity index (χ0) is 12.8. The van der Waals surface area contributed by atoms with Crippen LogP contribution in [0.4, 0.5) is 0 Å². The summed E-state index contributed by atoms with van der Waals surface area (Å²) in [6.07, 6.45) is 7.35. The second-order valence-electron chi connectivity index (χ2n) is 4.74. The molecule has 1 aromatic heterocycles. The van der Waals surface area contributed by atoms with Crippen molar-refractivity contribution in [2.45, 2.75) is 44.8 Å². The van der Waals surface area contributed by atoms with Gasteiger partial charge in [-0.3, -0.25) is 9.78 Å². The van der Waals surface area contributed by atoms with Gasteiger partial charge >= 0.3 is 0 Å². The van der Waals surface area contributed by atoms with Crippen LogP contribution in [0, 0.1) is 0 Å². The summed E-state index contributed by atoms with van der Waals surface area (Å²) in [6, 6.07) is 3.88. The molecule has 1 aliphatic heterocycles. The number of ether oxygens (including phenoxy) is 1. The lowest BCUT2D eigenvalue weighted by Crippen LogP contribution is -2.27. The first kappa shape index (κ1) is 13.0. The molecular weight excluding hydrogens is 228 g/mol. The number of nitrogens with one attached hydrogen (secondary N) is 1. The van der Waals surface area contributed by atoms with Crippen LogP contribution in [-0.4, -0.2) is 23.6 Å². The third-order valence-corrected chi connectivity index (χ3v) is 3.30. The van der Waals surface area contributed by atoms with E-state index in [4.69, 9.17) is 4.74 Å². The van der Waals surface area contributed by atoms with Crippen LogP contribution < -0.4 is 5.32 Å². The molecule has 4 heteroatoms. The summed E-state index contributed by atoms with van der Waals surface area (Å²) in [5.41, 5.74) is 1.08. The van der Waals surface area contributed by atoms with E-state index in [1.165, 1.54) is 0 Å². The van der Waals surface area contributed by atoms with E-state index in [1.54, 1.807) is 12.4 Å². The number of carbonyl (C=O) groups excluding carboxylic acids is 1. The van der Waals surface area contributed by atoms with E-state index >= 15 is 0 Å². The first-order valence-electron chi connectivity index (χ1n) is 6.56. The average molecular weight is 248 g/mol. The summed E-state index contributed by atoms with van der Waals surface area (Å²) in [5.74, 6) is 0.0924. The maximum atomic E-state index is 11.8. The molecule has 98 valence electrons. The van der Waals surface area contributed by atoms with E-state index in [0.29, 0.717) is 6.42 Å². The zero-order valence-electron chi connectivity index (χ0n) is 10.8. The number of rotatable bonds is 5. The van der Waals surface area contributed by atoms with Crippen LogP contribution in [0.5, 0.6) is 0 Å². The van der Waals surface area contributed by atoms with Gasteiger partial charge in [-0.2, -0.15) is 0 Å². The Balaban J connectivity index is 1.73. The topological polar surface area (TPSA) is 51.2 Å². The first-order chi connectivity index (χ1) is 8.75. The summed E-state index contributed by atoms with van der Waals surface area (Å²) >= 11 is 0. The van der Waals surface area contributed by atoms with E-state index in [-0.39, 0.29) is 18.1 Å². The quantitative estimate of drug-likeness (QED) is 0.869. The molecular formula is C14H20N2O2. The normalized spacial score (nSPS) is 20.6. The zero-order valence-corrected chi connectivity index (χ0v) is 10.8. The van der Waals surface area contributed by atoms with Gasteiger partial charge in [0.1, 0.15) is 0 Å². The Morgan fingerprint density at radius 2 is 2.33 bits per heavy atom. The Hall–Kier alpha value is -1.42. The Kier molecular flexibility index (Phi) is 4.70. The molecule has 2 rings (SSSR count). The summed E-state index contributed by atoms with van der Waals surface area (Å²) in [7, 11) is 0. The molecule has 0 aliphatic carbocycles. The van der Waals surface area contributed by atoms with Gasteiger partial charge in [-0.25, -0.2) is 0 Å². The Bertz CT molecular complexity index is 375. The SMILES string of the molecule is C[C@H](NC(=O)CC[C@H]1CCCO1)c1ccncc1. The van der Waals surface area contributed by atoms with Crippen LogP contribution in [0.2, 0.25) is 0 Å². The first-order valence-corrected chi connectivity index (χ1v) is 6.56. The number of hydrogen-bond acceptors (Lipinski definition) is 3. The van der Waals surface area contributed by atoms with E-state index in [2.05, 4.69) is 10.3 Å². The van der Waals surface area contributed by atoms with Crippen molar-refractivity contribution in [1.82, 2.24) is 10.3 Å². The van der Waals surface area contributed by atoms with Gasteiger partial charge in [0.05, 0.1) is 12.1 Å². The molecule has 2 heterocycles. The predicted molar refractivity (Wildman–Crippen MR) is 69.0 cm³/mol. The summed E-state index contributed by atoms with van der Waals surface area (Å²) in [6.45, 7) is 2.83. The Labute approximate surface area is 108 Å². The van der Waals surface area contributed by atoms with Crippen LogP contribution in [0.25, 0.3) is 0 Å². The van der Waals surface area contributed by atoms with Crippen molar-refractivity contribution in [3.63, 3.8) is 0 Å². The molecule has 0 aromatic carbocycles. The Morgan fingerprint density at radius 1 is 1.56 bits per heavy atom. The maximum Gasteiger partial charge on any atom is 0.220 e. The van der Waals surface area contributed by atoms with E-state index < -0.39 is 0 Å². The smallest absolute Gasteiger partial charge is 0.220 e. The number of pyridine rings is 1. The summed E-state index contributed by atoms with van der Waals surface area (Å²) < 4.78 is 5.50. The lowest BCUT2D eigenvalue weighted by molar-refractivity contribution is -0.122. The fourth-order valence-corrected chi connectivity index (χ4v) is 2.21. The van der Waals surface area contributed by atoms with E-state index in [9.17, 15) is 4.79 Å². The molecule has 0 saturated carbocycles. The molecule has 0 unspecified atom stereocenters. The fraction of sp³-hybridized carbons (Fsp3) is 0.571. The molecule has 1 amide bonds. The van der Waals surface area contributed by atoms with E-state index in [1.807, 2.05) is 19.1 Å². The molecule has 1 saturated heterocycles. The number of carbonyl (C=O) groups is 1. The van der Waals surface area contributed by atoms with Crippen LogP contribution in [0.1, 0.15) is 44.2 Å². The van der Waals surface area contributed by atoms with Crippen LogP contribution in [0.15, 0.2) is 24.5 Å². The highest BCUT2D eigenvalue weighted by Crippen LogP contribution is 2.17. The van der Waals surface area contributed by atoms with Crippen molar-refractivity contribution in [3.05, 3.63) is 30.1 Å². The standard InChI is InChI=1S/C14H20N2O2/c1-11(12-6-8-15-9-7-12)16-14(17)5-4-13-3-2-10-18-13/h6-9,11,13H,2-5,10H2,1H3,(H,16,17)/t11-,13+/m0/s1. The highest BCUT2D eigenvalue weighted by atomic mass is 16.5. The number of aromatic nitrogens is 1. The third kappa shape index (κ3) is 3.81. The van der Waals surface area contributed by atoms with Crippen LogP contribution in [-0.2, 0) is 9.53 Å². The third-order valence-electron chi connectivity index (χ3n) is 3.30. The molecule has 2 atom stereocenters. The van der Waals surface area contributed by atoms with Gasteiger partial charge in [0.25, 0.3) is 0 Å². The molecule has 1 aromatic rings. The minimum absolute atomic E-state index is 0.0324. The predicted octanol–water partition coefficient (Wildman–Crippen LogP) is 2.22. The van der Waals surface area contributed by atoms with Gasteiger partial charge in [0, 0.05) is 25.4 Å². The maximum absolute atomic E-state index is 11.8. The molecule has 0 bridgehead atoms. The van der Waals surface area contributed by atoms with Gasteiger partial charge in [0.15, 0.2) is 0 Å². The highest BCUT2D eigenvalue weighted by Gasteiger charge is 2.17. The average Bonchev–Trinajstić information content (AvgIpc) is 2.90. The minimum atomic E-state index is 0.0324. The second-order valence-corrected chi connectivity index (χ2v) is 4.74. The molecule has 1 N–H and O–H groups in total. The van der Waals surface area contributed by atoms with Gasteiger partial charge in [0.2, 0.25) is 5.91 Å². The van der Waals surface area contributed by atoms with Crippen molar-refractivity contribution >= 4 is 5.91 Å². The minimum Gasteiger partial charge on any atom is -0.378 e. The molecule has 18 heavy (non-hydrogen) atoms. The van der Waals surface area contributed by atoms with Gasteiger partial charge in [-0.1, -0.05) is 0 Å². The van der Waals surface area contributed by atoms with Crippen molar-refractivity contribution < 1.29 is 9.53 Å². The lowest BCUT2D eigenvalue weighted by Gasteiger charge is -2.15. The van der Waals surface area contributed by atoms with Crippen molar-refractivity contribution in [1.29, 1.82) is 0 Å². The van der Waals surface area contributed by atoms with Gasteiger partial charge < -0.3 is 10.1 Å². The number of hydrogen-bond donors (Lipinski definition) is 1. The van der Waals surface area contributed by atoms with Crippen LogP contribution >= 0.6 is 0 Å². The lowest BCUT2D eigenvalue weighted by atomic mass is 10.1. The van der Waals surface area contributed by atoms with Crippen LogP contribution in [0.3, 0.4) is 0 Å². The van der Waals surface area contributed by atoms with Crippen molar-refractivity contribution in [3.8, 4) is 0 Å².